The SMILES string of the molecule is CC(C)C(=O)CN1CCC2(CCN(C)C2)CC1. The molecule has 2 saturated heterocycles. The van der Waals surface area contributed by atoms with Crippen molar-refractivity contribution in [3.63, 3.8) is 0 Å². The maximum absolute atomic E-state index is 11.7. The molecular weight excluding hydrogens is 212 g/mol. The van der Waals surface area contributed by atoms with Crippen LogP contribution in [0.25, 0.3) is 0 Å². The number of rotatable bonds is 3. The van der Waals surface area contributed by atoms with Crippen molar-refractivity contribution in [1.29, 1.82) is 0 Å². The summed E-state index contributed by atoms with van der Waals surface area (Å²) >= 11 is 0. The summed E-state index contributed by atoms with van der Waals surface area (Å²) in [5, 5.41) is 0. The summed E-state index contributed by atoms with van der Waals surface area (Å²) in [5.41, 5.74) is 0.576. The van der Waals surface area contributed by atoms with E-state index in [2.05, 4.69) is 16.8 Å². The molecule has 0 aromatic heterocycles. The zero-order valence-corrected chi connectivity index (χ0v) is 11.5. The number of carbonyl (C=O) groups excluding carboxylic acids is 1. The van der Waals surface area contributed by atoms with Crippen molar-refractivity contribution in [1.82, 2.24) is 9.80 Å². The summed E-state index contributed by atoms with van der Waals surface area (Å²) in [5.74, 6) is 0.577. The second kappa shape index (κ2) is 5.07. The summed E-state index contributed by atoms with van der Waals surface area (Å²) in [6.45, 7) is 9.42. The van der Waals surface area contributed by atoms with E-state index in [0.29, 0.717) is 17.7 Å². The van der Waals surface area contributed by atoms with Gasteiger partial charge in [0.05, 0.1) is 6.54 Å². The highest BCUT2D eigenvalue weighted by atomic mass is 16.1. The number of piperidine rings is 1. The monoisotopic (exact) mass is 238 g/mol. The molecule has 0 amide bonds. The third-order valence-corrected chi connectivity index (χ3v) is 4.57. The number of likely N-dealkylation sites (tertiary alicyclic amines) is 2. The molecule has 0 aliphatic carbocycles. The Bertz CT molecular complexity index is 280. The number of Topliss-reactive ketones (excluding diaryl/α,β-unsaturated/α-hetero) is 1. The predicted molar refractivity (Wildman–Crippen MR) is 70.1 cm³/mol. The summed E-state index contributed by atoms with van der Waals surface area (Å²) in [6, 6.07) is 0. The molecule has 0 N–H and O–H groups in total. The molecular formula is C14H26N2O. The predicted octanol–water partition coefficient (Wildman–Crippen LogP) is 1.63. The van der Waals surface area contributed by atoms with Gasteiger partial charge in [0.25, 0.3) is 0 Å². The Morgan fingerprint density at radius 3 is 2.24 bits per heavy atom. The molecule has 0 bridgehead atoms. The first kappa shape index (κ1) is 13.0. The molecule has 0 atom stereocenters. The first-order chi connectivity index (χ1) is 8.01. The Hall–Kier alpha value is -0.410. The zero-order valence-electron chi connectivity index (χ0n) is 11.5. The topological polar surface area (TPSA) is 23.6 Å². The molecule has 3 heteroatoms. The number of nitrogens with zero attached hydrogens (tertiary/aromatic N) is 2. The Morgan fingerprint density at radius 2 is 1.76 bits per heavy atom. The molecule has 2 fully saturated rings. The Kier molecular flexibility index (Phi) is 3.88. The highest BCUT2D eigenvalue weighted by molar-refractivity contribution is 5.82. The van der Waals surface area contributed by atoms with Crippen LogP contribution in [0.2, 0.25) is 0 Å². The van der Waals surface area contributed by atoms with Crippen LogP contribution >= 0.6 is 0 Å². The number of carbonyl (C=O) groups is 1. The molecule has 2 heterocycles. The quantitative estimate of drug-likeness (QED) is 0.746. The molecule has 3 nitrogen and oxygen atoms in total. The van der Waals surface area contributed by atoms with Crippen LogP contribution in [0.1, 0.15) is 33.1 Å². The molecule has 2 rings (SSSR count). The number of ketones is 1. The molecule has 1 spiro atoms. The summed E-state index contributed by atoms with van der Waals surface area (Å²) in [7, 11) is 2.23. The summed E-state index contributed by atoms with van der Waals surface area (Å²) < 4.78 is 0. The van der Waals surface area contributed by atoms with Crippen LogP contribution in [-0.4, -0.2) is 55.4 Å². The molecule has 0 radical (unpaired) electrons. The van der Waals surface area contributed by atoms with E-state index in [9.17, 15) is 4.79 Å². The lowest BCUT2D eigenvalue weighted by molar-refractivity contribution is -0.123. The second-order valence-corrected chi connectivity index (χ2v) is 6.38. The molecule has 17 heavy (non-hydrogen) atoms. The van der Waals surface area contributed by atoms with E-state index in [1.165, 1.54) is 32.4 Å². The Morgan fingerprint density at radius 1 is 1.18 bits per heavy atom. The van der Waals surface area contributed by atoms with Crippen molar-refractivity contribution in [2.24, 2.45) is 11.3 Å². The first-order valence-electron chi connectivity index (χ1n) is 6.94. The van der Waals surface area contributed by atoms with Gasteiger partial charge in [0.15, 0.2) is 0 Å². The summed E-state index contributed by atoms with van der Waals surface area (Å²) in [4.78, 5) is 16.5. The highest BCUT2D eigenvalue weighted by Gasteiger charge is 2.39. The minimum absolute atomic E-state index is 0.184. The molecule has 0 unspecified atom stereocenters. The normalized spacial score (nSPS) is 25.9. The lowest BCUT2D eigenvalue weighted by atomic mass is 9.77. The fourth-order valence-electron chi connectivity index (χ4n) is 3.16. The molecule has 0 aromatic carbocycles. The minimum Gasteiger partial charge on any atom is -0.306 e. The number of hydrogen-bond donors (Lipinski definition) is 0. The van der Waals surface area contributed by atoms with Crippen LogP contribution in [0, 0.1) is 11.3 Å². The first-order valence-corrected chi connectivity index (χ1v) is 6.94. The van der Waals surface area contributed by atoms with E-state index in [4.69, 9.17) is 0 Å². The minimum atomic E-state index is 0.184. The summed E-state index contributed by atoms with van der Waals surface area (Å²) in [6.07, 6.45) is 3.92. The van der Waals surface area contributed by atoms with Crippen molar-refractivity contribution >= 4 is 5.78 Å². The van der Waals surface area contributed by atoms with Crippen molar-refractivity contribution < 1.29 is 4.79 Å². The van der Waals surface area contributed by atoms with E-state index in [1.807, 2.05) is 13.8 Å². The van der Waals surface area contributed by atoms with Crippen molar-refractivity contribution in [3.05, 3.63) is 0 Å². The number of hydrogen-bond acceptors (Lipinski definition) is 3. The third-order valence-electron chi connectivity index (χ3n) is 4.57. The van der Waals surface area contributed by atoms with Gasteiger partial charge >= 0.3 is 0 Å². The average Bonchev–Trinajstić information content (AvgIpc) is 2.64. The van der Waals surface area contributed by atoms with Crippen LogP contribution in [0.3, 0.4) is 0 Å². The standard InChI is InChI=1S/C14H26N2O/c1-12(2)13(17)10-16-8-5-14(6-9-16)4-7-15(3)11-14/h12H,4-11H2,1-3H3. The zero-order chi connectivity index (χ0) is 12.5. The Labute approximate surface area is 105 Å². The average molecular weight is 238 g/mol. The fourth-order valence-corrected chi connectivity index (χ4v) is 3.16. The largest absolute Gasteiger partial charge is 0.306 e. The van der Waals surface area contributed by atoms with E-state index >= 15 is 0 Å². The molecule has 0 aromatic rings. The van der Waals surface area contributed by atoms with E-state index in [-0.39, 0.29) is 5.92 Å². The van der Waals surface area contributed by atoms with Gasteiger partial charge in [-0.15, -0.1) is 0 Å². The molecule has 2 aliphatic heterocycles. The van der Waals surface area contributed by atoms with Crippen LogP contribution in [0.15, 0.2) is 0 Å². The van der Waals surface area contributed by atoms with Crippen LogP contribution in [0.5, 0.6) is 0 Å². The maximum atomic E-state index is 11.7. The molecule has 2 aliphatic rings. The Balaban J connectivity index is 1.80. The third kappa shape index (κ3) is 3.08. The van der Waals surface area contributed by atoms with Gasteiger partial charge in [-0.3, -0.25) is 9.69 Å². The van der Waals surface area contributed by atoms with Gasteiger partial charge < -0.3 is 4.90 Å². The van der Waals surface area contributed by atoms with Crippen LogP contribution in [-0.2, 0) is 4.79 Å². The van der Waals surface area contributed by atoms with Gasteiger partial charge in [-0.2, -0.15) is 0 Å². The van der Waals surface area contributed by atoms with Crippen molar-refractivity contribution in [2.45, 2.75) is 33.1 Å². The van der Waals surface area contributed by atoms with Gasteiger partial charge in [0.1, 0.15) is 5.78 Å². The van der Waals surface area contributed by atoms with Gasteiger partial charge in [-0.1, -0.05) is 13.8 Å². The second-order valence-electron chi connectivity index (χ2n) is 6.38. The van der Waals surface area contributed by atoms with E-state index < -0.39 is 0 Å². The van der Waals surface area contributed by atoms with Crippen molar-refractivity contribution in [2.75, 3.05) is 39.8 Å². The van der Waals surface area contributed by atoms with Gasteiger partial charge in [0.2, 0.25) is 0 Å². The van der Waals surface area contributed by atoms with E-state index in [0.717, 1.165) is 13.1 Å². The molecule has 0 saturated carbocycles. The fraction of sp³-hybridized carbons (Fsp3) is 0.929. The van der Waals surface area contributed by atoms with Crippen molar-refractivity contribution in [3.8, 4) is 0 Å². The van der Waals surface area contributed by atoms with Gasteiger partial charge in [-0.05, 0) is 51.4 Å². The molecule has 98 valence electrons. The maximum Gasteiger partial charge on any atom is 0.149 e. The lowest BCUT2D eigenvalue weighted by Gasteiger charge is -2.39. The lowest BCUT2D eigenvalue weighted by Crippen LogP contribution is -2.43. The van der Waals surface area contributed by atoms with Gasteiger partial charge in [0, 0.05) is 12.5 Å². The van der Waals surface area contributed by atoms with Gasteiger partial charge in [-0.25, -0.2) is 0 Å². The highest BCUT2D eigenvalue weighted by Crippen LogP contribution is 2.39. The van der Waals surface area contributed by atoms with Crippen LogP contribution < -0.4 is 0 Å². The van der Waals surface area contributed by atoms with Crippen LogP contribution in [0.4, 0.5) is 0 Å². The van der Waals surface area contributed by atoms with E-state index in [1.54, 1.807) is 0 Å². The smallest absolute Gasteiger partial charge is 0.149 e.